The van der Waals surface area contributed by atoms with Crippen molar-refractivity contribution in [1.29, 1.82) is 0 Å². The van der Waals surface area contributed by atoms with E-state index in [1.165, 1.54) is 4.88 Å². The van der Waals surface area contributed by atoms with E-state index in [1.54, 1.807) is 17.5 Å². The molecule has 0 atom stereocenters. The first-order valence-corrected chi connectivity index (χ1v) is 6.86. The first-order chi connectivity index (χ1) is 7.79. The molecule has 0 N–H and O–H groups in total. The SMILES string of the molecule is ClCc1cc(Br)cnc1OCc1cccs1. The number of aromatic nitrogens is 1. The van der Waals surface area contributed by atoms with Crippen molar-refractivity contribution in [3.63, 3.8) is 0 Å². The summed E-state index contributed by atoms with van der Waals surface area (Å²) in [7, 11) is 0. The zero-order valence-electron chi connectivity index (χ0n) is 8.32. The van der Waals surface area contributed by atoms with Crippen LogP contribution in [0.2, 0.25) is 0 Å². The van der Waals surface area contributed by atoms with E-state index in [0.717, 1.165) is 10.0 Å². The van der Waals surface area contributed by atoms with Gasteiger partial charge >= 0.3 is 0 Å². The Balaban J connectivity index is 2.09. The third-order valence-corrected chi connectivity index (χ3v) is 3.54. The van der Waals surface area contributed by atoms with Gasteiger partial charge in [-0.15, -0.1) is 22.9 Å². The van der Waals surface area contributed by atoms with Gasteiger partial charge in [-0.3, -0.25) is 0 Å². The Morgan fingerprint density at radius 1 is 1.50 bits per heavy atom. The Morgan fingerprint density at radius 2 is 2.38 bits per heavy atom. The molecule has 0 saturated heterocycles. The Hall–Kier alpha value is -0.580. The lowest BCUT2D eigenvalue weighted by Gasteiger charge is -2.07. The molecule has 5 heteroatoms. The highest BCUT2D eigenvalue weighted by atomic mass is 79.9. The fourth-order valence-corrected chi connectivity index (χ4v) is 2.41. The number of rotatable bonds is 4. The van der Waals surface area contributed by atoms with Gasteiger partial charge in [-0.05, 0) is 33.4 Å². The molecule has 0 saturated carbocycles. The van der Waals surface area contributed by atoms with Gasteiger partial charge in [0.05, 0.1) is 5.88 Å². The highest BCUT2D eigenvalue weighted by molar-refractivity contribution is 9.10. The van der Waals surface area contributed by atoms with Gasteiger partial charge in [0.25, 0.3) is 0 Å². The number of nitrogens with zero attached hydrogens (tertiary/aromatic N) is 1. The van der Waals surface area contributed by atoms with Gasteiger partial charge in [-0.1, -0.05) is 6.07 Å². The minimum absolute atomic E-state index is 0.395. The minimum atomic E-state index is 0.395. The predicted octanol–water partition coefficient (Wildman–Crippen LogP) is 4.22. The molecule has 16 heavy (non-hydrogen) atoms. The Morgan fingerprint density at radius 3 is 3.06 bits per heavy atom. The van der Waals surface area contributed by atoms with E-state index >= 15 is 0 Å². The van der Waals surface area contributed by atoms with Crippen LogP contribution in [0.5, 0.6) is 5.88 Å². The summed E-state index contributed by atoms with van der Waals surface area (Å²) < 4.78 is 6.53. The molecule has 0 unspecified atom stereocenters. The van der Waals surface area contributed by atoms with Crippen molar-refractivity contribution in [1.82, 2.24) is 4.98 Å². The van der Waals surface area contributed by atoms with Crippen LogP contribution >= 0.6 is 38.9 Å². The maximum absolute atomic E-state index is 5.83. The van der Waals surface area contributed by atoms with E-state index in [1.807, 2.05) is 23.6 Å². The highest BCUT2D eigenvalue weighted by Crippen LogP contribution is 2.23. The molecule has 2 aromatic heterocycles. The third kappa shape index (κ3) is 2.97. The van der Waals surface area contributed by atoms with Crippen LogP contribution in [0.3, 0.4) is 0 Å². The van der Waals surface area contributed by atoms with Crippen molar-refractivity contribution < 1.29 is 4.74 Å². The molecule has 0 radical (unpaired) electrons. The molecule has 0 amide bonds. The van der Waals surface area contributed by atoms with Gasteiger partial charge in [-0.25, -0.2) is 4.98 Å². The van der Waals surface area contributed by atoms with Crippen LogP contribution in [0.25, 0.3) is 0 Å². The quantitative estimate of drug-likeness (QED) is 0.787. The van der Waals surface area contributed by atoms with Crippen molar-refractivity contribution in [2.45, 2.75) is 12.5 Å². The first-order valence-electron chi connectivity index (χ1n) is 4.65. The van der Waals surface area contributed by atoms with Crippen LogP contribution in [-0.4, -0.2) is 4.98 Å². The average Bonchev–Trinajstić information content (AvgIpc) is 2.80. The molecular weight excluding hydrogens is 310 g/mol. The number of ether oxygens (including phenoxy) is 1. The lowest BCUT2D eigenvalue weighted by atomic mass is 10.3. The number of hydrogen-bond acceptors (Lipinski definition) is 3. The predicted molar refractivity (Wildman–Crippen MR) is 70.1 cm³/mol. The van der Waals surface area contributed by atoms with Crippen molar-refractivity contribution in [2.75, 3.05) is 0 Å². The summed E-state index contributed by atoms with van der Waals surface area (Å²) >= 11 is 10.8. The molecular formula is C11H9BrClNOS. The number of alkyl halides is 1. The van der Waals surface area contributed by atoms with Crippen LogP contribution < -0.4 is 4.74 Å². The molecule has 0 spiro atoms. The second-order valence-electron chi connectivity index (χ2n) is 3.12. The fraction of sp³-hybridized carbons (Fsp3) is 0.182. The van der Waals surface area contributed by atoms with Gasteiger partial charge in [-0.2, -0.15) is 0 Å². The molecule has 2 nitrogen and oxygen atoms in total. The van der Waals surface area contributed by atoms with E-state index in [-0.39, 0.29) is 0 Å². The molecule has 0 aliphatic carbocycles. The molecule has 2 aromatic rings. The number of halogens is 2. The van der Waals surface area contributed by atoms with Crippen LogP contribution in [0.1, 0.15) is 10.4 Å². The summed E-state index contributed by atoms with van der Waals surface area (Å²) in [6.45, 7) is 0.538. The maximum Gasteiger partial charge on any atom is 0.218 e. The maximum atomic E-state index is 5.83. The second kappa shape index (κ2) is 5.66. The van der Waals surface area contributed by atoms with E-state index in [9.17, 15) is 0 Å². The average molecular weight is 319 g/mol. The molecule has 0 bridgehead atoms. The van der Waals surface area contributed by atoms with Crippen molar-refractivity contribution in [2.24, 2.45) is 0 Å². The normalized spacial score (nSPS) is 10.4. The van der Waals surface area contributed by atoms with E-state index in [0.29, 0.717) is 18.4 Å². The van der Waals surface area contributed by atoms with Crippen LogP contribution in [0.4, 0.5) is 0 Å². The van der Waals surface area contributed by atoms with Gasteiger partial charge in [0.15, 0.2) is 0 Å². The monoisotopic (exact) mass is 317 g/mol. The van der Waals surface area contributed by atoms with Crippen molar-refractivity contribution in [3.8, 4) is 5.88 Å². The summed E-state index contributed by atoms with van der Waals surface area (Å²) in [5.41, 5.74) is 0.896. The zero-order valence-corrected chi connectivity index (χ0v) is 11.5. The van der Waals surface area contributed by atoms with Crippen LogP contribution in [0, 0.1) is 0 Å². The topological polar surface area (TPSA) is 22.1 Å². The van der Waals surface area contributed by atoms with E-state index in [2.05, 4.69) is 20.9 Å². The van der Waals surface area contributed by atoms with Gasteiger partial charge < -0.3 is 4.74 Å². The van der Waals surface area contributed by atoms with Crippen molar-refractivity contribution >= 4 is 38.9 Å². The zero-order chi connectivity index (χ0) is 11.4. The fourth-order valence-electron chi connectivity index (χ4n) is 1.23. The summed E-state index contributed by atoms with van der Waals surface area (Å²) in [6, 6.07) is 5.95. The van der Waals surface area contributed by atoms with Crippen LogP contribution in [-0.2, 0) is 12.5 Å². The van der Waals surface area contributed by atoms with Crippen LogP contribution in [0.15, 0.2) is 34.2 Å². The molecule has 2 heterocycles. The standard InChI is InChI=1S/C11H9BrClNOS/c12-9-4-8(5-13)11(14-6-9)15-7-10-2-1-3-16-10/h1-4,6H,5,7H2. The van der Waals surface area contributed by atoms with E-state index < -0.39 is 0 Å². The minimum Gasteiger partial charge on any atom is -0.472 e. The summed E-state index contributed by atoms with van der Waals surface area (Å²) in [4.78, 5) is 5.37. The molecule has 0 aliphatic rings. The smallest absolute Gasteiger partial charge is 0.218 e. The summed E-state index contributed by atoms with van der Waals surface area (Å²) in [6.07, 6.45) is 1.71. The molecule has 2 rings (SSSR count). The van der Waals surface area contributed by atoms with Gasteiger partial charge in [0.2, 0.25) is 5.88 Å². The second-order valence-corrected chi connectivity index (χ2v) is 5.33. The molecule has 84 valence electrons. The lowest BCUT2D eigenvalue weighted by Crippen LogP contribution is -1.98. The number of pyridine rings is 1. The highest BCUT2D eigenvalue weighted by Gasteiger charge is 2.06. The third-order valence-electron chi connectivity index (χ3n) is 1.97. The van der Waals surface area contributed by atoms with Gasteiger partial charge in [0.1, 0.15) is 6.61 Å². The summed E-state index contributed by atoms with van der Waals surface area (Å²) in [5, 5.41) is 2.02. The van der Waals surface area contributed by atoms with Crippen molar-refractivity contribution in [3.05, 3.63) is 44.7 Å². The summed E-state index contributed by atoms with van der Waals surface area (Å²) in [5.74, 6) is 0.998. The van der Waals surface area contributed by atoms with E-state index in [4.69, 9.17) is 16.3 Å². The number of hydrogen-bond donors (Lipinski definition) is 0. The van der Waals surface area contributed by atoms with Gasteiger partial charge in [0, 0.05) is 21.1 Å². The Bertz CT molecular complexity index is 461. The molecule has 0 fully saturated rings. The molecule has 0 aliphatic heterocycles. The lowest BCUT2D eigenvalue weighted by molar-refractivity contribution is 0.294. The number of thiophene rings is 1. The largest absolute Gasteiger partial charge is 0.472 e. The Labute approximate surface area is 111 Å². The Kier molecular flexibility index (Phi) is 4.21. The molecule has 0 aromatic carbocycles. The first kappa shape index (κ1) is 11.9.